The lowest BCUT2D eigenvalue weighted by Crippen LogP contribution is -2.12. The molecule has 0 aliphatic carbocycles. The molecule has 0 saturated carbocycles. The van der Waals surface area contributed by atoms with Crippen molar-refractivity contribution in [1.82, 2.24) is 4.98 Å². The Kier molecular flexibility index (Phi) is 2.60. The van der Waals surface area contributed by atoms with E-state index in [2.05, 4.69) is 24.0 Å². The van der Waals surface area contributed by atoms with E-state index in [1.54, 1.807) is 0 Å². The van der Waals surface area contributed by atoms with Crippen molar-refractivity contribution in [3.05, 3.63) is 29.6 Å². The molecule has 1 unspecified atom stereocenters. The Morgan fingerprint density at radius 2 is 2.31 bits per heavy atom. The van der Waals surface area contributed by atoms with Crippen LogP contribution in [0.2, 0.25) is 0 Å². The Hall–Kier alpha value is -0.890. The molecule has 0 bridgehead atoms. The summed E-state index contributed by atoms with van der Waals surface area (Å²) in [5.74, 6) is 0. The van der Waals surface area contributed by atoms with Crippen LogP contribution in [-0.2, 0) is 4.74 Å². The van der Waals surface area contributed by atoms with E-state index in [1.807, 2.05) is 6.20 Å². The van der Waals surface area contributed by atoms with Gasteiger partial charge in [-0.1, -0.05) is 6.07 Å². The SMILES string of the molecule is Cc1ccc(C2CCCCO2)nc1. The zero-order valence-corrected chi connectivity index (χ0v) is 7.99. The van der Waals surface area contributed by atoms with E-state index >= 15 is 0 Å². The Balaban J connectivity index is 2.10. The molecule has 13 heavy (non-hydrogen) atoms. The molecule has 0 aromatic carbocycles. The molecule has 0 N–H and O–H groups in total. The third-order valence-corrected chi connectivity index (χ3v) is 2.44. The minimum absolute atomic E-state index is 0.245. The van der Waals surface area contributed by atoms with Gasteiger partial charge in [-0.25, -0.2) is 0 Å². The second-order valence-electron chi connectivity index (χ2n) is 3.62. The molecule has 2 rings (SSSR count). The van der Waals surface area contributed by atoms with Gasteiger partial charge < -0.3 is 4.74 Å². The van der Waals surface area contributed by atoms with Crippen molar-refractivity contribution < 1.29 is 4.74 Å². The van der Waals surface area contributed by atoms with Gasteiger partial charge in [-0.3, -0.25) is 4.98 Å². The molecule has 1 aliphatic rings. The number of nitrogens with zero attached hydrogens (tertiary/aromatic N) is 1. The lowest BCUT2D eigenvalue weighted by molar-refractivity contribution is 0.0123. The quantitative estimate of drug-likeness (QED) is 0.658. The maximum Gasteiger partial charge on any atom is 0.0994 e. The smallest absolute Gasteiger partial charge is 0.0994 e. The molecular weight excluding hydrogens is 162 g/mol. The van der Waals surface area contributed by atoms with E-state index in [1.165, 1.54) is 18.4 Å². The molecule has 1 fully saturated rings. The molecule has 1 aliphatic heterocycles. The number of rotatable bonds is 1. The predicted molar refractivity (Wildman–Crippen MR) is 51.5 cm³/mol. The largest absolute Gasteiger partial charge is 0.372 e. The monoisotopic (exact) mass is 177 g/mol. The van der Waals surface area contributed by atoms with E-state index < -0.39 is 0 Å². The first-order valence-corrected chi connectivity index (χ1v) is 4.90. The summed E-state index contributed by atoms with van der Waals surface area (Å²) in [6, 6.07) is 4.17. The van der Waals surface area contributed by atoms with Crippen LogP contribution in [0.5, 0.6) is 0 Å². The zero-order valence-electron chi connectivity index (χ0n) is 7.99. The molecule has 1 aromatic heterocycles. The van der Waals surface area contributed by atoms with Gasteiger partial charge in [-0.05, 0) is 37.8 Å². The lowest BCUT2D eigenvalue weighted by atomic mass is 10.1. The highest BCUT2D eigenvalue weighted by Gasteiger charge is 2.16. The van der Waals surface area contributed by atoms with Crippen molar-refractivity contribution in [3.63, 3.8) is 0 Å². The van der Waals surface area contributed by atoms with Gasteiger partial charge in [0, 0.05) is 12.8 Å². The van der Waals surface area contributed by atoms with E-state index in [-0.39, 0.29) is 6.10 Å². The number of ether oxygens (including phenoxy) is 1. The third kappa shape index (κ3) is 2.07. The highest BCUT2D eigenvalue weighted by Crippen LogP contribution is 2.25. The number of hydrogen-bond acceptors (Lipinski definition) is 2. The summed E-state index contributed by atoms with van der Waals surface area (Å²) in [5.41, 5.74) is 2.30. The van der Waals surface area contributed by atoms with E-state index in [0.29, 0.717) is 0 Å². The van der Waals surface area contributed by atoms with Crippen LogP contribution in [0.25, 0.3) is 0 Å². The van der Waals surface area contributed by atoms with Gasteiger partial charge in [0.15, 0.2) is 0 Å². The van der Waals surface area contributed by atoms with Crippen LogP contribution >= 0.6 is 0 Å². The standard InChI is InChI=1S/C11H15NO/c1-9-5-6-10(12-8-9)11-4-2-3-7-13-11/h5-6,8,11H,2-4,7H2,1H3. The molecule has 0 spiro atoms. The summed E-state index contributed by atoms with van der Waals surface area (Å²) in [5, 5.41) is 0. The average Bonchev–Trinajstić information content (AvgIpc) is 2.20. The molecule has 70 valence electrons. The van der Waals surface area contributed by atoms with Crippen molar-refractivity contribution in [1.29, 1.82) is 0 Å². The lowest BCUT2D eigenvalue weighted by Gasteiger charge is -2.21. The first-order valence-electron chi connectivity index (χ1n) is 4.90. The second kappa shape index (κ2) is 3.88. The fourth-order valence-corrected chi connectivity index (χ4v) is 1.64. The molecule has 1 aromatic rings. The van der Waals surface area contributed by atoms with Crippen molar-refractivity contribution in [2.75, 3.05) is 6.61 Å². The normalized spacial score (nSPS) is 23.0. The molecule has 1 saturated heterocycles. The fourth-order valence-electron chi connectivity index (χ4n) is 1.64. The summed E-state index contributed by atoms with van der Waals surface area (Å²) in [4.78, 5) is 4.38. The van der Waals surface area contributed by atoms with Crippen molar-refractivity contribution >= 4 is 0 Å². The maximum atomic E-state index is 5.64. The Bertz CT molecular complexity index is 262. The van der Waals surface area contributed by atoms with Crippen LogP contribution in [0.3, 0.4) is 0 Å². The van der Waals surface area contributed by atoms with Crippen molar-refractivity contribution in [2.45, 2.75) is 32.3 Å². The number of pyridine rings is 1. The minimum Gasteiger partial charge on any atom is -0.372 e. The maximum absolute atomic E-state index is 5.64. The predicted octanol–water partition coefficient (Wildman–Crippen LogP) is 2.63. The summed E-state index contributed by atoms with van der Waals surface area (Å²) in [6.45, 7) is 2.94. The highest BCUT2D eigenvalue weighted by molar-refractivity contribution is 5.14. The van der Waals surface area contributed by atoms with Gasteiger partial charge in [-0.2, -0.15) is 0 Å². The molecule has 2 heterocycles. The van der Waals surface area contributed by atoms with Gasteiger partial charge in [0.2, 0.25) is 0 Å². The van der Waals surface area contributed by atoms with Crippen LogP contribution in [-0.4, -0.2) is 11.6 Å². The van der Waals surface area contributed by atoms with Crippen molar-refractivity contribution in [3.8, 4) is 0 Å². The molecule has 2 nitrogen and oxygen atoms in total. The molecule has 1 atom stereocenters. The molecule has 0 amide bonds. The average molecular weight is 177 g/mol. The zero-order chi connectivity index (χ0) is 9.10. The Morgan fingerprint density at radius 1 is 1.38 bits per heavy atom. The van der Waals surface area contributed by atoms with Gasteiger partial charge in [0.05, 0.1) is 11.8 Å². The van der Waals surface area contributed by atoms with Gasteiger partial charge >= 0.3 is 0 Å². The molecule has 2 heteroatoms. The van der Waals surface area contributed by atoms with Crippen LogP contribution in [0.4, 0.5) is 0 Å². The summed E-state index contributed by atoms with van der Waals surface area (Å²) in [7, 11) is 0. The first-order chi connectivity index (χ1) is 6.36. The number of aryl methyl sites for hydroxylation is 1. The highest BCUT2D eigenvalue weighted by atomic mass is 16.5. The van der Waals surface area contributed by atoms with Gasteiger partial charge in [0.25, 0.3) is 0 Å². The topological polar surface area (TPSA) is 22.1 Å². The van der Waals surface area contributed by atoms with E-state index in [4.69, 9.17) is 4.74 Å². The second-order valence-corrected chi connectivity index (χ2v) is 3.62. The minimum atomic E-state index is 0.245. The Labute approximate surface area is 78.9 Å². The van der Waals surface area contributed by atoms with Gasteiger partial charge in [0.1, 0.15) is 0 Å². The van der Waals surface area contributed by atoms with E-state index in [0.717, 1.165) is 18.7 Å². The van der Waals surface area contributed by atoms with Crippen LogP contribution in [0, 0.1) is 6.92 Å². The van der Waals surface area contributed by atoms with Crippen molar-refractivity contribution in [2.24, 2.45) is 0 Å². The number of aromatic nitrogens is 1. The fraction of sp³-hybridized carbons (Fsp3) is 0.545. The number of hydrogen-bond donors (Lipinski definition) is 0. The Morgan fingerprint density at radius 3 is 2.92 bits per heavy atom. The van der Waals surface area contributed by atoms with Crippen LogP contribution in [0.1, 0.15) is 36.6 Å². The third-order valence-electron chi connectivity index (χ3n) is 2.44. The van der Waals surface area contributed by atoms with Crippen LogP contribution < -0.4 is 0 Å². The summed E-state index contributed by atoms with van der Waals surface area (Å²) < 4.78 is 5.64. The van der Waals surface area contributed by atoms with Crippen LogP contribution in [0.15, 0.2) is 18.3 Å². The summed E-state index contributed by atoms with van der Waals surface area (Å²) in [6.07, 6.45) is 5.74. The molecular formula is C11H15NO. The van der Waals surface area contributed by atoms with E-state index in [9.17, 15) is 0 Å². The first kappa shape index (κ1) is 8.70. The summed E-state index contributed by atoms with van der Waals surface area (Å²) >= 11 is 0. The molecule has 0 radical (unpaired) electrons. The van der Waals surface area contributed by atoms with Gasteiger partial charge in [-0.15, -0.1) is 0 Å².